The minimum absolute atomic E-state index is 0.0645. The lowest BCUT2D eigenvalue weighted by molar-refractivity contribution is 0.0465. The molecule has 0 radical (unpaired) electrons. The third kappa shape index (κ3) is 2.59. The Morgan fingerprint density at radius 2 is 1.80 bits per heavy atom. The topological polar surface area (TPSA) is 44.1 Å². The number of fused-ring (bicyclic) bond motifs is 5. The molecule has 1 fully saturated rings. The van der Waals surface area contributed by atoms with E-state index >= 15 is 0 Å². The fourth-order valence-electron chi connectivity index (χ4n) is 5.57. The highest BCUT2D eigenvalue weighted by Gasteiger charge is 2.62. The molecule has 0 saturated heterocycles. The number of nitrogens with zero attached hydrogens (tertiary/aromatic N) is 2. The lowest BCUT2D eigenvalue weighted by Crippen LogP contribution is -2.33. The third-order valence-electron chi connectivity index (χ3n) is 7.72. The molecule has 4 nitrogen and oxygen atoms in total. The first-order valence-corrected chi connectivity index (χ1v) is 10.7. The molecule has 0 N–H and O–H groups in total. The number of ether oxygens (including phenoxy) is 1. The lowest BCUT2D eigenvalue weighted by atomic mass is 9.70. The predicted molar refractivity (Wildman–Crippen MR) is 117 cm³/mol. The number of aryl methyl sites for hydroxylation is 1. The number of hydrogen-bond acceptors (Lipinski definition) is 3. The first-order chi connectivity index (χ1) is 14.3. The third-order valence-corrected chi connectivity index (χ3v) is 7.72. The van der Waals surface area contributed by atoms with Crippen molar-refractivity contribution in [3.63, 3.8) is 0 Å². The molecule has 4 heteroatoms. The molecule has 0 spiro atoms. The molecule has 2 aliphatic carbocycles. The van der Waals surface area contributed by atoms with Gasteiger partial charge in [0, 0.05) is 11.0 Å². The van der Waals surface area contributed by atoms with Gasteiger partial charge in [-0.1, -0.05) is 56.7 Å². The van der Waals surface area contributed by atoms with Gasteiger partial charge in [-0.3, -0.25) is 0 Å². The van der Waals surface area contributed by atoms with Gasteiger partial charge in [-0.15, -0.1) is 0 Å². The normalized spacial score (nSPS) is 23.4. The van der Waals surface area contributed by atoms with Crippen LogP contribution in [0.1, 0.15) is 72.4 Å². The molecule has 2 bridgehead atoms. The van der Waals surface area contributed by atoms with Crippen molar-refractivity contribution in [2.45, 2.75) is 58.5 Å². The molecule has 0 amide bonds. The molecule has 1 saturated carbocycles. The maximum Gasteiger partial charge on any atom is 0.338 e. The standard InChI is InChI=1S/C26H28N2O2/c1-17-10-12-18(13-11-17)24(29)30-16-21-22-20-14-15-26(4,25(20,2)3)23(22)28(27-21)19-8-6-5-7-9-19/h5-13,20H,14-16H2,1-4H3/t20-,26+/m1/s1. The Morgan fingerprint density at radius 3 is 2.50 bits per heavy atom. The summed E-state index contributed by atoms with van der Waals surface area (Å²) in [5.41, 5.74) is 6.49. The second kappa shape index (κ2) is 6.56. The average molecular weight is 401 g/mol. The van der Waals surface area contributed by atoms with Crippen molar-refractivity contribution in [1.29, 1.82) is 0 Å². The molecule has 2 aromatic carbocycles. The molecular weight excluding hydrogens is 372 g/mol. The maximum absolute atomic E-state index is 12.6. The molecule has 0 aliphatic heterocycles. The van der Waals surface area contributed by atoms with Gasteiger partial charge in [0.2, 0.25) is 0 Å². The van der Waals surface area contributed by atoms with E-state index in [1.165, 1.54) is 17.7 Å². The van der Waals surface area contributed by atoms with E-state index in [0.29, 0.717) is 11.5 Å². The monoisotopic (exact) mass is 400 g/mol. The highest BCUT2D eigenvalue weighted by Crippen LogP contribution is 2.68. The zero-order valence-electron chi connectivity index (χ0n) is 18.1. The van der Waals surface area contributed by atoms with Crippen molar-refractivity contribution in [3.8, 4) is 5.69 Å². The van der Waals surface area contributed by atoms with Crippen molar-refractivity contribution in [2.75, 3.05) is 0 Å². The number of aromatic nitrogens is 2. The predicted octanol–water partition coefficient (Wildman–Crippen LogP) is 5.71. The van der Waals surface area contributed by atoms with Gasteiger partial charge in [-0.2, -0.15) is 5.10 Å². The summed E-state index contributed by atoms with van der Waals surface area (Å²) in [5, 5.41) is 4.97. The van der Waals surface area contributed by atoms with Crippen molar-refractivity contribution >= 4 is 5.97 Å². The fourth-order valence-corrected chi connectivity index (χ4v) is 5.57. The molecule has 5 rings (SSSR count). The van der Waals surface area contributed by atoms with E-state index in [0.717, 1.165) is 23.4 Å². The number of rotatable bonds is 4. The molecule has 2 aliphatic rings. The lowest BCUT2D eigenvalue weighted by Gasteiger charge is -2.35. The Labute approximate surface area is 177 Å². The van der Waals surface area contributed by atoms with E-state index in [2.05, 4.69) is 37.6 Å². The van der Waals surface area contributed by atoms with Crippen LogP contribution in [0.2, 0.25) is 0 Å². The van der Waals surface area contributed by atoms with Crippen LogP contribution in [0, 0.1) is 12.3 Å². The highest BCUT2D eigenvalue weighted by atomic mass is 16.5. The minimum Gasteiger partial charge on any atom is -0.455 e. The Morgan fingerprint density at radius 1 is 1.10 bits per heavy atom. The van der Waals surface area contributed by atoms with E-state index in [1.807, 2.05) is 49.4 Å². The SMILES string of the molecule is Cc1ccc(C(=O)OCc2nn(-c3ccccc3)c3c2[C@H]2CC[C@]3(C)C2(C)C)cc1. The van der Waals surface area contributed by atoms with Crippen LogP contribution in [0.25, 0.3) is 5.69 Å². The Kier molecular flexibility index (Phi) is 4.18. The van der Waals surface area contributed by atoms with Crippen LogP contribution in [-0.2, 0) is 16.8 Å². The summed E-state index contributed by atoms with van der Waals surface area (Å²) in [7, 11) is 0. The van der Waals surface area contributed by atoms with Gasteiger partial charge in [0.1, 0.15) is 12.3 Å². The summed E-state index contributed by atoms with van der Waals surface area (Å²) < 4.78 is 7.82. The van der Waals surface area contributed by atoms with Crippen LogP contribution < -0.4 is 0 Å². The van der Waals surface area contributed by atoms with Gasteiger partial charge in [-0.25, -0.2) is 9.48 Å². The van der Waals surface area contributed by atoms with Crippen molar-refractivity contribution in [1.82, 2.24) is 9.78 Å². The summed E-state index contributed by atoms with van der Waals surface area (Å²) in [6.45, 7) is 9.34. The van der Waals surface area contributed by atoms with Gasteiger partial charge < -0.3 is 4.74 Å². The second-order valence-electron chi connectivity index (χ2n) is 9.54. The van der Waals surface area contributed by atoms with Crippen LogP contribution in [0.3, 0.4) is 0 Å². The first kappa shape index (κ1) is 19.1. The van der Waals surface area contributed by atoms with Crippen LogP contribution in [0.4, 0.5) is 0 Å². The van der Waals surface area contributed by atoms with E-state index in [4.69, 9.17) is 9.84 Å². The molecule has 1 heterocycles. The summed E-state index contributed by atoms with van der Waals surface area (Å²) >= 11 is 0. The zero-order valence-corrected chi connectivity index (χ0v) is 18.1. The van der Waals surface area contributed by atoms with Crippen LogP contribution >= 0.6 is 0 Å². The largest absolute Gasteiger partial charge is 0.455 e. The van der Waals surface area contributed by atoms with Crippen molar-refractivity contribution in [3.05, 3.63) is 82.7 Å². The molecule has 0 unspecified atom stereocenters. The van der Waals surface area contributed by atoms with E-state index in [-0.39, 0.29) is 23.4 Å². The van der Waals surface area contributed by atoms with Crippen molar-refractivity contribution in [2.24, 2.45) is 5.41 Å². The van der Waals surface area contributed by atoms with Gasteiger partial charge in [0.25, 0.3) is 0 Å². The molecular formula is C26H28N2O2. The highest BCUT2D eigenvalue weighted by molar-refractivity contribution is 5.89. The van der Waals surface area contributed by atoms with E-state index < -0.39 is 0 Å². The summed E-state index contributed by atoms with van der Waals surface area (Å²) in [4.78, 5) is 12.6. The number of esters is 1. The van der Waals surface area contributed by atoms with Gasteiger partial charge in [0.05, 0.1) is 16.9 Å². The second-order valence-corrected chi connectivity index (χ2v) is 9.54. The number of hydrogen-bond donors (Lipinski definition) is 0. The van der Waals surface area contributed by atoms with Gasteiger partial charge in [0.15, 0.2) is 0 Å². The summed E-state index contributed by atoms with van der Waals surface area (Å²) in [6.07, 6.45) is 2.33. The first-order valence-electron chi connectivity index (χ1n) is 10.7. The molecule has 3 aromatic rings. The minimum atomic E-state index is -0.299. The smallest absolute Gasteiger partial charge is 0.338 e. The number of benzene rings is 2. The Hall–Kier alpha value is -2.88. The summed E-state index contributed by atoms with van der Waals surface area (Å²) in [6, 6.07) is 17.8. The quantitative estimate of drug-likeness (QED) is 0.527. The summed E-state index contributed by atoms with van der Waals surface area (Å²) in [5.74, 6) is 0.148. The number of para-hydroxylation sites is 1. The fraction of sp³-hybridized carbons (Fsp3) is 0.385. The molecule has 30 heavy (non-hydrogen) atoms. The van der Waals surface area contributed by atoms with Crippen molar-refractivity contribution < 1.29 is 9.53 Å². The zero-order chi connectivity index (χ0) is 21.1. The Balaban J connectivity index is 1.53. The number of carbonyl (C=O) groups excluding carboxylic acids is 1. The number of carbonyl (C=O) groups is 1. The maximum atomic E-state index is 12.6. The Bertz CT molecular complexity index is 1110. The van der Waals surface area contributed by atoms with Gasteiger partial charge in [-0.05, 0) is 55.4 Å². The average Bonchev–Trinajstić information content (AvgIpc) is 3.29. The molecule has 1 aromatic heterocycles. The van der Waals surface area contributed by atoms with Crippen LogP contribution in [-0.4, -0.2) is 15.7 Å². The van der Waals surface area contributed by atoms with Crippen LogP contribution in [0.15, 0.2) is 54.6 Å². The van der Waals surface area contributed by atoms with Gasteiger partial charge >= 0.3 is 5.97 Å². The van der Waals surface area contributed by atoms with E-state index in [9.17, 15) is 4.79 Å². The van der Waals surface area contributed by atoms with Crippen LogP contribution in [0.5, 0.6) is 0 Å². The van der Waals surface area contributed by atoms with E-state index in [1.54, 1.807) is 0 Å². The molecule has 154 valence electrons. The molecule has 2 atom stereocenters.